The van der Waals surface area contributed by atoms with E-state index >= 15 is 0 Å². The quantitative estimate of drug-likeness (QED) is 0.844. The van der Waals surface area contributed by atoms with E-state index in [1.165, 1.54) is 25.0 Å². The van der Waals surface area contributed by atoms with Crippen LogP contribution in [0.25, 0.3) is 0 Å². The molecule has 2 aromatic carbocycles. The molecule has 0 atom stereocenters. The second kappa shape index (κ2) is 6.83. The third-order valence-corrected chi connectivity index (χ3v) is 4.87. The highest BCUT2D eigenvalue weighted by molar-refractivity contribution is 6.22. The van der Waals surface area contributed by atoms with E-state index in [4.69, 9.17) is 0 Å². The molecule has 1 saturated heterocycles. The van der Waals surface area contributed by atoms with Crippen molar-refractivity contribution in [3.63, 3.8) is 0 Å². The van der Waals surface area contributed by atoms with Gasteiger partial charge in [-0.1, -0.05) is 6.07 Å². The van der Waals surface area contributed by atoms with Gasteiger partial charge in [0.25, 0.3) is 11.8 Å². The number of nitrogens with zero attached hydrogens (tertiary/aromatic N) is 2. The van der Waals surface area contributed by atoms with Gasteiger partial charge in [0.1, 0.15) is 12.4 Å². The zero-order valence-electron chi connectivity index (χ0n) is 14.6. The largest absolute Gasteiger partial charge is 0.372 e. The summed E-state index contributed by atoms with van der Waals surface area (Å²) in [6.45, 7) is 1.60. The van der Waals surface area contributed by atoms with Gasteiger partial charge in [-0.3, -0.25) is 19.3 Å². The SMILES string of the molecule is O=C(CN1C(=O)c2cccc(F)c2C1=O)Nc1ccc(N2CCCC2)cc1. The van der Waals surface area contributed by atoms with E-state index in [9.17, 15) is 18.8 Å². The fourth-order valence-corrected chi connectivity index (χ4v) is 3.51. The molecule has 0 aromatic heterocycles. The Balaban J connectivity index is 1.42. The minimum atomic E-state index is -0.785. The fourth-order valence-electron chi connectivity index (χ4n) is 3.51. The predicted octanol–water partition coefficient (Wildman–Crippen LogP) is 2.66. The predicted molar refractivity (Wildman–Crippen MR) is 98.3 cm³/mol. The van der Waals surface area contributed by atoms with Gasteiger partial charge in [-0.15, -0.1) is 0 Å². The molecule has 27 heavy (non-hydrogen) atoms. The number of nitrogens with one attached hydrogen (secondary N) is 1. The van der Waals surface area contributed by atoms with E-state index in [1.54, 1.807) is 12.1 Å². The summed E-state index contributed by atoms with van der Waals surface area (Å²) >= 11 is 0. The third-order valence-electron chi connectivity index (χ3n) is 4.87. The lowest BCUT2D eigenvalue weighted by Gasteiger charge is -2.18. The Labute approximate surface area is 155 Å². The van der Waals surface area contributed by atoms with Crippen LogP contribution in [0.2, 0.25) is 0 Å². The fraction of sp³-hybridized carbons (Fsp3) is 0.250. The molecule has 2 aliphatic rings. The van der Waals surface area contributed by atoms with E-state index in [2.05, 4.69) is 10.2 Å². The van der Waals surface area contributed by atoms with Crippen molar-refractivity contribution in [1.29, 1.82) is 0 Å². The smallest absolute Gasteiger partial charge is 0.265 e. The Morgan fingerprint density at radius 1 is 1.00 bits per heavy atom. The topological polar surface area (TPSA) is 69.7 Å². The molecule has 2 aliphatic heterocycles. The standard InChI is InChI=1S/C20H18FN3O3/c21-16-5-3-4-15-18(16)20(27)24(19(15)26)12-17(25)22-13-6-8-14(9-7-13)23-10-1-2-11-23/h3-9H,1-2,10-12H2,(H,22,25). The normalized spacial score (nSPS) is 16.0. The molecule has 1 fully saturated rings. The van der Waals surface area contributed by atoms with E-state index in [0.717, 1.165) is 29.7 Å². The van der Waals surface area contributed by atoms with Crippen LogP contribution in [0.15, 0.2) is 42.5 Å². The van der Waals surface area contributed by atoms with Gasteiger partial charge in [0.2, 0.25) is 5.91 Å². The molecule has 4 rings (SSSR count). The van der Waals surface area contributed by atoms with Crippen LogP contribution in [0, 0.1) is 5.82 Å². The Morgan fingerprint density at radius 2 is 1.70 bits per heavy atom. The van der Waals surface area contributed by atoms with Crippen LogP contribution < -0.4 is 10.2 Å². The highest BCUT2D eigenvalue weighted by Gasteiger charge is 2.38. The molecule has 6 nitrogen and oxygen atoms in total. The first-order chi connectivity index (χ1) is 13.0. The summed E-state index contributed by atoms with van der Waals surface area (Å²) < 4.78 is 13.8. The van der Waals surface area contributed by atoms with Crippen LogP contribution in [0.3, 0.4) is 0 Å². The molecule has 7 heteroatoms. The van der Waals surface area contributed by atoms with Crippen LogP contribution in [0.5, 0.6) is 0 Å². The number of amides is 3. The van der Waals surface area contributed by atoms with Gasteiger partial charge in [0.05, 0.1) is 11.1 Å². The Hall–Kier alpha value is -3.22. The Morgan fingerprint density at radius 3 is 2.37 bits per heavy atom. The molecule has 0 bridgehead atoms. The maximum absolute atomic E-state index is 13.8. The summed E-state index contributed by atoms with van der Waals surface area (Å²) in [6.07, 6.45) is 2.36. The number of carbonyl (C=O) groups is 3. The number of benzene rings is 2. The summed E-state index contributed by atoms with van der Waals surface area (Å²) in [4.78, 5) is 39.9. The zero-order chi connectivity index (χ0) is 19.0. The Kier molecular flexibility index (Phi) is 4.35. The van der Waals surface area contributed by atoms with Crippen molar-refractivity contribution in [3.8, 4) is 0 Å². The third kappa shape index (κ3) is 3.16. The summed E-state index contributed by atoms with van der Waals surface area (Å²) in [6, 6.07) is 11.3. The second-order valence-electron chi connectivity index (χ2n) is 6.65. The van der Waals surface area contributed by atoms with E-state index in [1.807, 2.05) is 12.1 Å². The highest BCUT2D eigenvalue weighted by atomic mass is 19.1. The van der Waals surface area contributed by atoms with E-state index < -0.39 is 30.1 Å². The average Bonchev–Trinajstić information content (AvgIpc) is 3.27. The van der Waals surface area contributed by atoms with Crippen molar-refractivity contribution >= 4 is 29.1 Å². The van der Waals surface area contributed by atoms with Crippen molar-refractivity contribution in [2.24, 2.45) is 0 Å². The van der Waals surface area contributed by atoms with Crippen LogP contribution >= 0.6 is 0 Å². The molecule has 0 spiro atoms. The minimum absolute atomic E-state index is 0.0113. The van der Waals surface area contributed by atoms with Gasteiger partial charge in [0.15, 0.2) is 0 Å². The molecule has 138 valence electrons. The van der Waals surface area contributed by atoms with Crippen molar-refractivity contribution in [1.82, 2.24) is 4.90 Å². The number of fused-ring (bicyclic) bond motifs is 1. The maximum atomic E-state index is 13.8. The van der Waals surface area contributed by atoms with Gasteiger partial charge in [-0.25, -0.2) is 4.39 Å². The summed E-state index contributed by atoms with van der Waals surface area (Å²) in [5.74, 6) is -2.72. The zero-order valence-corrected chi connectivity index (χ0v) is 14.6. The van der Waals surface area contributed by atoms with E-state index in [-0.39, 0.29) is 11.1 Å². The molecule has 3 amide bonds. The van der Waals surface area contributed by atoms with Gasteiger partial charge >= 0.3 is 0 Å². The second-order valence-corrected chi connectivity index (χ2v) is 6.65. The first kappa shape index (κ1) is 17.2. The van der Waals surface area contributed by atoms with Crippen molar-refractivity contribution < 1.29 is 18.8 Å². The van der Waals surface area contributed by atoms with E-state index in [0.29, 0.717) is 5.69 Å². The van der Waals surface area contributed by atoms with Crippen LogP contribution in [0.1, 0.15) is 33.6 Å². The number of imide groups is 1. The monoisotopic (exact) mass is 367 g/mol. The van der Waals surface area contributed by atoms with Gasteiger partial charge in [0, 0.05) is 24.5 Å². The van der Waals surface area contributed by atoms with Crippen LogP contribution in [0.4, 0.5) is 15.8 Å². The number of anilines is 2. The molecule has 0 saturated carbocycles. The Bertz CT molecular complexity index is 921. The molecule has 2 heterocycles. The first-order valence-corrected chi connectivity index (χ1v) is 8.84. The minimum Gasteiger partial charge on any atom is -0.372 e. The van der Waals surface area contributed by atoms with Gasteiger partial charge < -0.3 is 10.2 Å². The molecular weight excluding hydrogens is 349 g/mol. The van der Waals surface area contributed by atoms with Crippen LogP contribution in [-0.4, -0.2) is 42.3 Å². The maximum Gasteiger partial charge on any atom is 0.265 e. The number of hydrogen-bond donors (Lipinski definition) is 1. The van der Waals surface area contributed by atoms with Crippen molar-refractivity contribution in [2.45, 2.75) is 12.8 Å². The van der Waals surface area contributed by atoms with Gasteiger partial charge in [-0.05, 0) is 49.2 Å². The summed E-state index contributed by atoms with van der Waals surface area (Å²) in [5.41, 5.74) is 1.39. The lowest BCUT2D eigenvalue weighted by Crippen LogP contribution is -2.37. The summed E-state index contributed by atoms with van der Waals surface area (Å²) in [5, 5.41) is 2.67. The lowest BCUT2D eigenvalue weighted by atomic mass is 10.1. The highest BCUT2D eigenvalue weighted by Crippen LogP contribution is 2.25. The first-order valence-electron chi connectivity index (χ1n) is 8.84. The number of rotatable bonds is 4. The number of halogens is 1. The number of hydrogen-bond acceptors (Lipinski definition) is 4. The summed E-state index contributed by atoms with van der Waals surface area (Å²) in [7, 11) is 0. The van der Waals surface area contributed by atoms with Crippen molar-refractivity contribution in [3.05, 3.63) is 59.4 Å². The molecule has 0 radical (unpaired) electrons. The number of carbonyl (C=O) groups excluding carboxylic acids is 3. The molecule has 2 aromatic rings. The van der Waals surface area contributed by atoms with Crippen molar-refractivity contribution in [2.75, 3.05) is 29.9 Å². The van der Waals surface area contributed by atoms with Gasteiger partial charge in [-0.2, -0.15) is 0 Å². The molecule has 0 unspecified atom stereocenters. The molecule has 1 N–H and O–H groups in total. The average molecular weight is 367 g/mol. The van der Waals surface area contributed by atoms with Crippen LogP contribution in [-0.2, 0) is 4.79 Å². The molecular formula is C20H18FN3O3. The lowest BCUT2D eigenvalue weighted by molar-refractivity contribution is -0.116. The molecule has 0 aliphatic carbocycles.